The molecule has 0 aromatic carbocycles. The van der Waals surface area contributed by atoms with Crippen LogP contribution in [0.1, 0.15) is 32.6 Å². The third kappa shape index (κ3) is 2.71. The summed E-state index contributed by atoms with van der Waals surface area (Å²) in [5.41, 5.74) is 0. The maximum absolute atomic E-state index is 11.3. The van der Waals surface area contributed by atoms with E-state index < -0.39 is 0 Å². The fourth-order valence-corrected chi connectivity index (χ4v) is 4.23. The van der Waals surface area contributed by atoms with E-state index in [4.69, 9.17) is 12.2 Å². The van der Waals surface area contributed by atoms with E-state index in [1.54, 1.807) is 6.92 Å². The molecular weight excluding hydrogens is 258 g/mol. The number of nitrogens with one attached hydrogen (secondary N) is 1. The summed E-state index contributed by atoms with van der Waals surface area (Å²) >= 11 is 5.54. The Balaban J connectivity index is 1.48. The summed E-state index contributed by atoms with van der Waals surface area (Å²) in [4.78, 5) is 15.4. The second-order valence-electron chi connectivity index (χ2n) is 6.22. The van der Waals surface area contributed by atoms with Crippen LogP contribution in [-0.2, 0) is 4.79 Å². The first-order valence-electron chi connectivity index (χ1n) is 7.44. The molecule has 1 saturated heterocycles. The van der Waals surface area contributed by atoms with Crippen LogP contribution in [0.15, 0.2) is 0 Å². The lowest BCUT2D eigenvalue weighted by Crippen LogP contribution is -2.54. The molecule has 0 aromatic heterocycles. The molecule has 19 heavy (non-hydrogen) atoms. The number of fused-ring (bicyclic) bond motifs is 2. The Morgan fingerprint density at radius 3 is 2.32 bits per heavy atom. The highest BCUT2D eigenvalue weighted by Gasteiger charge is 2.40. The molecule has 2 aliphatic carbocycles. The van der Waals surface area contributed by atoms with Crippen molar-refractivity contribution in [1.29, 1.82) is 0 Å². The third-order valence-electron chi connectivity index (χ3n) is 5.06. The number of rotatable bonds is 1. The van der Waals surface area contributed by atoms with Crippen LogP contribution in [0, 0.1) is 11.8 Å². The molecule has 0 spiro atoms. The predicted octanol–water partition coefficient (Wildman–Crippen LogP) is 1.21. The molecule has 3 rings (SSSR count). The Labute approximate surface area is 120 Å². The number of thiocarbonyl (C=S) groups is 1. The number of amides is 1. The SMILES string of the molecule is CC(=O)N1CCN(C(=S)N[C@@H]2C[C@H]3CC[C@H]2C3)CC1. The lowest BCUT2D eigenvalue weighted by Gasteiger charge is -2.37. The maximum Gasteiger partial charge on any atom is 0.219 e. The summed E-state index contributed by atoms with van der Waals surface area (Å²) in [6, 6.07) is 0.608. The Morgan fingerprint density at radius 1 is 1.11 bits per heavy atom. The van der Waals surface area contributed by atoms with Crippen LogP contribution >= 0.6 is 12.2 Å². The van der Waals surface area contributed by atoms with E-state index in [0.717, 1.165) is 43.1 Å². The first kappa shape index (κ1) is 13.2. The topological polar surface area (TPSA) is 35.6 Å². The van der Waals surface area contributed by atoms with Crippen molar-refractivity contribution in [2.45, 2.75) is 38.6 Å². The van der Waals surface area contributed by atoms with Crippen molar-refractivity contribution in [3.8, 4) is 0 Å². The number of hydrogen-bond acceptors (Lipinski definition) is 2. The highest BCUT2D eigenvalue weighted by molar-refractivity contribution is 7.80. The molecule has 3 fully saturated rings. The van der Waals surface area contributed by atoms with Crippen molar-refractivity contribution < 1.29 is 4.79 Å². The third-order valence-corrected chi connectivity index (χ3v) is 5.44. The number of carbonyl (C=O) groups is 1. The van der Waals surface area contributed by atoms with Gasteiger partial charge in [-0.2, -0.15) is 0 Å². The second-order valence-corrected chi connectivity index (χ2v) is 6.61. The van der Waals surface area contributed by atoms with Gasteiger partial charge in [-0.3, -0.25) is 4.79 Å². The van der Waals surface area contributed by atoms with Gasteiger partial charge in [-0.05, 0) is 43.3 Å². The summed E-state index contributed by atoms with van der Waals surface area (Å²) < 4.78 is 0. The summed E-state index contributed by atoms with van der Waals surface area (Å²) in [6.45, 7) is 4.97. The lowest BCUT2D eigenvalue weighted by atomic mass is 9.95. The number of carbonyl (C=O) groups excluding carboxylic acids is 1. The van der Waals surface area contributed by atoms with Gasteiger partial charge in [0.25, 0.3) is 0 Å². The zero-order valence-electron chi connectivity index (χ0n) is 11.6. The quantitative estimate of drug-likeness (QED) is 0.733. The summed E-state index contributed by atoms with van der Waals surface area (Å²) in [6.07, 6.45) is 5.51. The van der Waals surface area contributed by atoms with Gasteiger partial charge < -0.3 is 15.1 Å². The van der Waals surface area contributed by atoms with Crippen LogP contribution in [0.25, 0.3) is 0 Å². The Kier molecular flexibility index (Phi) is 3.65. The lowest BCUT2D eigenvalue weighted by molar-refractivity contribution is -0.130. The zero-order valence-corrected chi connectivity index (χ0v) is 12.4. The molecule has 106 valence electrons. The van der Waals surface area contributed by atoms with Gasteiger partial charge in [0.2, 0.25) is 5.91 Å². The zero-order chi connectivity index (χ0) is 13.4. The van der Waals surface area contributed by atoms with Crippen molar-refractivity contribution >= 4 is 23.2 Å². The van der Waals surface area contributed by atoms with Gasteiger partial charge in [-0.15, -0.1) is 0 Å². The average Bonchev–Trinajstić information content (AvgIpc) is 3.01. The van der Waals surface area contributed by atoms with E-state index in [1.807, 2.05) is 4.90 Å². The molecule has 4 nitrogen and oxygen atoms in total. The molecule has 2 bridgehead atoms. The predicted molar refractivity (Wildman–Crippen MR) is 78.8 cm³/mol. The molecule has 0 aromatic rings. The minimum atomic E-state index is 0.173. The monoisotopic (exact) mass is 281 g/mol. The van der Waals surface area contributed by atoms with Crippen LogP contribution in [0.2, 0.25) is 0 Å². The van der Waals surface area contributed by atoms with Crippen LogP contribution in [0.5, 0.6) is 0 Å². The molecule has 1 aliphatic heterocycles. The fourth-order valence-electron chi connectivity index (χ4n) is 3.90. The molecule has 3 aliphatic rings. The second kappa shape index (κ2) is 5.27. The van der Waals surface area contributed by atoms with Crippen molar-refractivity contribution in [1.82, 2.24) is 15.1 Å². The van der Waals surface area contributed by atoms with Crippen molar-refractivity contribution in [3.63, 3.8) is 0 Å². The largest absolute Gasteiger partial charge is 0.360 e. The molecule has 1 amide bonds. The minimum absolute atomic E-state index is 0.173. The van der Waals surface area contributed by atoms with E-state index in [-0.39, 0.29) is 5.91 Å². The fraction of sp³-hybridized carbons (Fsp3) is 0.857. The van der Waals surface area contributed by atoms with Crippen LogP contribution in [0.3, 0.4) is 0 Å². The summed E-state index contributed by atoms with van der Waals surface area (Å²) in [5.74, 6) is 1.97. The highest BCUT2D eigenvalue weighted by atomic mass is 32.1. The van der Waals surface area contributed by atoms with Gasteiger partial charge in [-0.1, -0.05) is 6.42 Å². The van der Waals surface area contributed by atoms with Gasteiger partial charge in [0.1, 0.15) is 0 Å². The summed E-state index contributed by atoms with van der Waals surface area (Å²) in [5, 5.41) is 4.48. The normalized spacial score (nSPS) is 33.6. The van der Waals surface area contributed by atoms with Crippen molar-refractivity contribution in [3.05, 3.63) is 0 Å². The van der Waals surface area contributed by atoms with E-state index in [0.29, 0.717) is 6.04 Å². The maximum atomic E-state index is 11.3. The smallest absolute Gasteiger partial charge is 0.219 e. The Bertz CT molecular complexity index is 379. The molecule has 0 radical (unpaired) electrons. The summed E-state index contributed by atoms with van der Waals surface area (Å²) in [7, 11) is 0. The molecule has 0 unspecified atom stereocenters. The van der Waals surface area contributed by atoms with Gasteiger partial charge in [0.05, 0.1) is 0 Å². The van der Waals surface area contributed by atoms with Gasteiger partial charge in [0.15, 0.2) is 5.11 Å². The van der Waals surface area contributed by atoms with Gasteiger partial charge >= 0.3 is 0 Å². The van der Waals surface area contributed by atoms with Crippen molar-refractivity contribution in [2.75, 3.05) is 26.2 Å². The molecule has 1 heterocycles. The molecule has 3 atom stereocenters. The standard InChI is InChI=1S/C14H23N3OS/c1-10(18)16-4-6-17(7-5-16)14(19)15-13-9-11-2-3-12(13)8-11/h11-13H,2-9H2,1H3,(H,15,19)/t11-,12-,13+/m0/s1. The first-order valence-corrected chi connectivity index (χ1v) is 7.85. The first-order chi connectivity index (χ1) is 9.13. The number of hydrogen-bond donors (Lipinski definition) is 1. The molecule has 2 saturated carbocycles. The van der Waals surface area contributed by atoms with E-state index in [9.17, 15) is 4.79 Å². The van der Waals surface area contributed by atoms with E-state index >= 15 is 0 Å². The van der Waals surface area contributed by atoms with Gasteiger partial charge in [0, 0.05) is 39.1 Å². The number of piperazine rings is 1. The molecular formula is C14H23N3OS. The average molecular weight is 281 g/mol. The minimum Gasteiger partial charge on any atom is -0.360 e. The van der Waals surface area contributed by atoms with Crippen LogP contribution < -0.4 is 5.32 Å². The molecule has 5 heteroatoms. The number of nitrogens with zero attached hydrogens (tertiary/aromatic N) is 2. The molecule has 1 N–H and O–H groups in total. The Morgan fingerprint density at radius 2 is 1.79 bits per heavy atom. The van der Waals surface area contributed by atoms with Crippen LogP contribution in [-0.4, -0.2) is 53.0 Å². The Hall–Kier alpha value is -0.840. The van der Waals surface area contributed by atoms with Crippen molar-refractivity contribution in [2.24, 2.45) is 11.8 Å². The van der Waals surface area contributed by atoms with E-state index in [1.165, 1.54) is 25.7 Å². The van der Waals surface area contributed by atoms with Gasteiger partial charge in [-0.25, -0.2) is 0 Å². The van der Waals surface area contributed by atoms with E-state index in [2.05, 4.69) is 10.2 Å². The highest BCUT2D eigenvalue weighted by Crippen LogP contribution is 2.44. The van der Waals surface area contributed by atoms with Crippen LogP contribution in [0.4, 0.5) is 0 Å².